The minimum absolute atomic E-state index is 0.122. The first kappa shape index (κ1) is 15.3. The first-order valence-corrected chi connectivity index (χ1v) is 8.18. The predicted octanol–water partition coefficient (Wildman–Crippen LogP) is 2.27. The summed E-state index contributed by atoms with van der Waals surface area (Å²) in [6, 6.07) is 0.318. The highest BCUT2D eigenvalue weighted by Crippen LogP contribution is 2.34. The van der Waals surface area contributed by atoms with E-state index in [-0.39, 0.29) is 12.7 Å². The number of likely N-dealkylation sites (tertiary alicyclic amines) is 1. The lowest BCUT2D eigenvalue weighted by Crippen LogP contribution is -2.43. The van der Waals surface area contributed by atoms with Gasteiger partial charge in [0, 0.05) is 12.6 Å². The number of hydrogen-bond donors (Lipinski definition) is 2. The minimum atomic E-state index is -0.122. The van der Waals surface area contributed by atoms with Gasteiger partial charge in [-0.05, 0) is 50.0 Å². The fourth-order valence-corrected chi connectivity index (χ4v) is 4.12. The van der Waals surface area contributed by atoms with Gasteiger partial charge in [-0.25, -0.2) is 0 Å². The van der Waals surface area contributed by atoms with Gasteiger partial charge in [-0.2, -0.15) is 0 Å². The molecule has 1 saturated carbocycles. The summed E-state index contributed by atoms with van der Waals surface area (Å²) >= 11 is 0. The van der Waals surface area contributed by atoms with Gasteiger partial charge in [-0.3, -0.25) is 4.90 Å². The number of aliphatic hydroxyl groups is 2. The van der Waals surface area contributed by atoms with E-state index in [1.54, 1.807) is 0 Å². The van der Waals surface area contributed by atoms with Crippen LogP contribution in [-0.2, 0) is 0 Å². The molecule has 0 bridgehead atoms. The number of rotatable bonds is 5. The Bertz CT molecular complexity index is 271. The van der Waals surface area contributed by atoms with Crippen molar-refractivity contribution >= 4 is 0 Å². The summed E-state index contributed by atoms with van der Waals surface area (Å²) in [5, 5.41) is 19.8. The Hall–Kier alpha value is -0.120. The molecule has 3 heteroatoms. The van der Waals surface area contributed by atoms with Crippen LogP contribution in [-0.4, -0.2) is 47.0 Å². The van der Waals surface area contributed by atoms with Gasteiger partial charge in [0.1, 0.15) is 0 Å². The lowest BCUT2D eigenvalue weighted by Gasteiger charge is -2.37. The molecular formula is C16H31NO2. The van der Waals surface area contributed by atoms with E-state index in [9.17, 15) is 10.2 Å². The first-order chi connectivity index (χ1) is 9.15. The van der Waals surface area contributed by atoms with Crippen molar-refractivity contribution in [2.24, 2.45) is 17.8 Å². The molecule has 0 spiro atoms. The number of nitrogens with zero attached hydrogens (tertiary/aromatic N) is 1. The third-order valence-corrected chi connectivity index (χ3v) is 5.40. The summed E-state index contributed by atoms with van der Waals surface area (Å²) in [5.41, 5.74) is 0. The van der Waals surface area contributed by atoms with Crippen LogP contribution in [0.15, 0.2) is 0 Å². The van der Waals surface area contributed by atoms with Gasteiger partial charge in [0.05, 0.1) is 12.7 Å². The second-order valence-corrected chi connectivity index (χ2v) is 6.81. The largest absolute Gasteiger partial charge is 0.395 e. The van der Waals surface area contributed by atoms with Gasteiger partial charge in [0.2, 0.25) is 0 Å². The third-order valence-electron chi connectivity index (χ3n) is 5.40. The van der Waals surface area contributed by atoms with Crippen LogP contribution in [0.25, 0.3) is 0 Å². The zero-order valence-corrected chi connectivity index (χ0v) is 12.6. The molecule has 1 heterocycles. The van der Waals surface area contributed by atoms with Crippen LogP contribution in [0.4, 0.5) is 0 Å². The lowest BCUT2D eigenvalue weighted by molar-refractivity contribution is 0.0162. The van der Waals surface area contributed by atoms with Crippen molar-refractivity contribution in [2.45, 2.75) is 64.5 Å². The Morgan fingerprint density at radius 2 is 2.00 bits per heavy atom. The van der Waals surface area contributed by atoms with Crippen LogP contribution in [0, 0.1) is 17.8 Å². The highest BCUT2D eigenvalue weighted by Gasteiger charge is 2.35. The maximum absolute atomic E-state index is 10.3. The summed E-state index contributed by atoms with van der Waals surface area (Å²) in [6.07, 6.45) is 6.98. The molecule has 1 saturated heterocycles. The third kappa shape index (κ3) is 3.71. The van der Waals surface area contributed by atoms with E-state index in [1.165, 1.54) is 32.1 Å². The lowest BCUT2D eigenvalue weighted by atomic mass is 9.77. The van der Waals surface area contributed by atoms with Gasteiger partial charge in [-0.1, -0.05) is 26.7 Å². The highest BCUT2D eigenvalue weighted by molar-refractivity contribution is 4.88. The van der Waals surface area contributed by atoms with Gasteiger partial charge < -0.3 is 10.2 Å². The molecule has 1 aliphatic carbocycles. The van der Waals surface area contributed by atoms with Crippen molar-refractivity contribution in [1.29, 1.82) is 0 Å². The SMILES string of the molecule is CCCC1CCC(O)C(CN2CCC(C)C2CO)C1. The van der Waals surface area contributed by atoms with E-state index >= 15 is 0 Å². The van der Waals surface area contributed by atoms with Crippen LogP contribution < -0.4 is 0 Å². The molecule has 5 atom stereocenters. The fraction of sp³-hybridized carbons (Fsp3) is 1.00. The monoisotopic (exact) mass is 269 g/mol. The summed E-state index contributed by atoms with van der Waals surface area (Å²) in [6.45, 7) is 6.83. The average Bonchev–Trinajstić information content (AvgIpc) is 2.74. The normalized spacial score (nSPS) is 40.7. The molecule has 2 aliphatic rings. The maximum Gasteiger partial charge on any atom is 0.0589 e. The smallest absolute Gasteiger partial charge is 0.0589 e. The summed E-state index contributed by atoms with van der Waals surface area (Å²) in [7, 11) is 0. The Morgan fingerprint density at radius 1 is 1.21 bits per heavy atom. The maximum atomic E-state index is 10.3. The molecule has 0 aromatic heterocycles. The quantitative estimate of drug-likeness (QED) is 0.804. The molecule has 5 unspecified atom stereocenters. The zero-order valence-electron chi connectivity index (χ0n) is 12.6. The van der Waals surface area contributed by atoms with Crippen molar-refractivity contribution in [3.63, 3.8) is 0 Å². The second-order valence-electron chi connectivity index (χ2n) is 6.81. The van der Waals surface area contributed by atoms with Crippen molar-refractivity contribution in [3.05, 3.63) is 0 Å². The summed E-state index contributed by atoms with van der Waals surface area (Å²) in [4.78, 5) is 2.42. The Balaban J connectivity index is 1.89. The molecule has 1 aliphatic heterocycles. The van der Waals surface area contributed by atoms with Crippen LogP contribution in [0.3, 0.4) is 0 Å². The second kappa shape index (κ2) is 7.05. The van der Waals surface area contributed by atoms with Crippen LogP contribution in [0.5, 0.6) is 0 Å². The Morgan fingerprint density at radius 3 is 2.68 bits per heavy atom. The topological polar surface area (TPSA) is 43.7 Å². The number of hydrogen-bond acceptors (Lipinski definition) is 3. The summed E-state index contributed by atoms with van der Waals surface area (Å²) in [5.74, 6) is 1.83. The predicted molar refractivity (Wildman–Crippen MR) is 78.0 cm³/mol. The van der Waals surface area contributed by atoms with Crippen LogP contribution in [0.2, 0.25) is 0 Å². The first-order valence-electron chi connectivity index (χ1n) is 8.18. The molecule has 0 aromatic carbocycles. The van der Waals surface area contributed by atoms with Crippen LogP contribution in [0.1, 0.15) is 52.4 Å². The molecule has 2 N–H and O–H groups in total. The Kier molecular flexibility index (Phi) is 5.67. The molecule has 0 radical (unpaired) electrons. The fourth-order valence-electron chi connectivity index (χ4n) is 4.12. The standard InChI is InChI=1S/C16H31NO2/c1-3-4-13-5-6-16(19)14(9-13)10-17-8-7-12(2)15(17)11-18/h12-16,18-19H,3-11H2,1-2H3. The molecule has 0 amide bonds. The van der Waals surface area contributed by atoms with Gasteiger partial charge >= 0.3 is 0 Å². The van der Waals surface area contributed by atoms with E-state index in [1.807, 2.05) is 0 Å². The minimum Gasteiger partial charge on any atom is -0.395 e. The molecular weight excluding hydrogens is 238 g/mol. The summed E-state index contributed by atoms with van der Waals surface area (Å²) < 4.78 is 0. The molecule has 2 fully saturated rings. The molecule has 2 rings (SSSR count). The van der Waals surface area contributed by atoms with Gasteiger partial charge in [-0.15, -0.1) is 0 Å². The van der Waals surface area contributed by atoms with Crippen LogP contribution >= 0.6 is 0 Å². The average molecular weight is 269 g/mol. The highest BCUT2D eigenvalue weighted by atomic mass is 16.3. The van der Waals surface area contributed by atoms with E-state index < -0.39 is 0 Å². The van der Waals surface area contributed by atoms with E-state index in [2.05, 4.69) is 18.7 Å². The molecule has 19 heavy (non-hydrogen) atoms. The molecule has 3 nitrogen and oxygen atoms in total. The van der Waals surface area contributed by atoms with Gasteiger partial charge in [0.15, 0.2) is 0 Å². The molecule has 0 aromatic rings. The zero-order chi connectivity index (χ0) is 13.8. The van der Waals surface area contributed by atoms with Crippen molar-refractivity contribution in [3.8, 4) is 0 Å². The molecule has 112 valence electrons. The van der Waals surface area contributed by atoms with E-state index in [0.29, 0.717) is 17.9 Å². The van der Waals surface area contributed by atoms with Crippen molar-refractivity contribution in [1.82, 2.24) is 4.90 Å². The van der Waals surface area contributed by atoms with Crippen molar-refractivity contribution < 1.29 is 10.2 Å². The number of aliphatic hydroxyl groups excluding tert-OH is 2. The Labute approximate surface area is 118 Å². The van der Waals surface area contributed by atoms with Gasteiger partial charge in [0.25, 0.3) is 0 Å². The van der Waals surface area contributed by atoms with E-state index in [4.69, 9.17) is 0 Å². The van der Waals surface area contributed by atoms with E-state index in [0.717, 1.165) is 25.4 Å². The van der Waals surface area contributed by atoms with Crippen molar-refractivity contribution in [2.75, 3.05) is 19.7 Å².